The van der Waals surface area contributed by atoms with Gasteiger partial charge in [0, 0.05) is 12.7 Å². The van der Waals surface area contributed by atoms with Crippen molar-refractivity contribution in [2.24, 2.45) is 5.10 Å². The van der Waals surface area contributed by atoms with Crippen molar-refractivity contribution in [2.75, 3.05) is 17.9 Å². The average Bonchev–Trinajstić information content (AvgIpc) is 2.52. The largest absolute Gasteiger partial charge is 0.399 e. The second-order valence-electron chi connectivity index (χ2n) is 2.85. The fraction of sp³-hybridized carbons (Fsp3) is 0.125. The average molecular weight is 177 g/mol. The molecule has 0 saturated carbocycles. The fourth-order valence-corrected chi connectivity index (χ4v) is 1.11. The molecule has 68 valence electrons. The molecule has 0 bridgehead atoms. The summed E-state index contributed by atoms with van der Waals surface area (Å²) in [4.78, 5) is 0. The number of nitrogen functional groups attached to an aromatic ring is 1. The molecule has 13 heavy (non-hydrogen) atoms. The van der Waals surface area contributed by atoms with Gasteiger partial charge in [-0.25, -0.2) is 0 Å². The van der Waals surface area contributed by atoms with Crippen molar-refractivity contribution in [2.45, 2.75) is 0 Å². The van der Waals surface area contributed by atoms with Crippen LogP contribution in [0.15, 0.2) is 29.4 Å². The maximum atomic E-state index is 5.64. The van der Waals surface area contributed by atoms with Crippen molar-refractivity contribution in [3.05, 3.63) is 24.3 Å². The van der Waals surface area contributed by atoms with Crippen LogP contribution in [0.5, 0.6) is 0 Å². The van der Waals surface area contributed by atoms with Gasteiger partial charge in [0.2, 0.25) is 0 Å². The van der Waals surface area contributed by atoms with Crippen LogP contribution in [0.2, 0.25) is 0 Å². The second kappa shape index (κ2) is 2.95. The van der Waals surface area contributed by atoms with E-state index < -0.39 is 0 Å². The van der Waals surface area contributed by atoms with Crippen LogP contribution in [0, 0.1) is 0 Å². The molecule has 0 saturated heterocycles. The van der Waals surface area contributed by atoms with Crippen LogP contribution in [0.1, 0.15) is 0 Å². The fourth-order valence-electron chi connectivity index (χ4n) is 1.11. The Balaban J connectivity index is 2.22. The Morgan fingerprint density at radius 2 is 2.31 bits per heavy atom. The summed E-state index contributed by atoms with van der Waals surface area (Å²) in [7, 11) is 1.87. The standard InChI is InChI=1S/C8H11N5/c1-12-6-10-13(11-12)8-4-2-3-7(9)5-8/h2-6,11H,9H2,1H3. The van der Waals surface area contributed by atoms with Gasteiger partial charge in [0.15, 0.2) is 0 Å². The van der Waals surface area contributed by atoms with Gasteiger partial charge >= 0.3 is 0 Å². The monoisotopic (exact) mass is 177 g/mol. The Hall–Kier alpha value is -1.75. The Morgan fingerprint density at radius 3 is 2.92 bits per heavy atom. The highest BCUT2D eigenvalue weighted by atomic mass is 15.9. The third-order valence-electron chi connectivity index (χ3n) is 1.71. The summed E-state index contributed by atoms with van der Waals surface area (Å²) < 4.78 is 0. The minimum absolute atomic E-state index is 0.726. The lowest BCUT2D eigenvalue weighted by atomic mass is 10.3. The number of nitrogens with zero attached hydrogens (tertiary/aromatic N) is 3. The van der Waals surface area contributed by atoms with Crippen LogP contribution in [0.4, 0.5) is 11.4 Å². The third kappa shape index (κ3) is 1.54. The number of nitrogens with two attached hydrogens (primary N) is 1. The molecule has 0 aromatic heterocycles. The molecular formula is C8H11N5. The number of hydrogen-bond acceptors (Lipinski definition) is 5. The zero-order valence-electron chi connectivity index (χ0n) is 7.31. The summed E-state index contributed by atoms with van der Waals surface area (Å²) in [5.74, 6) is 0. The highest BCUT2D eigenvalue weighted by Crippen LogP contribution is 2.17. The van der Waals surface area contributed by atoms with E-state index in [1.165, 1.54) is 0 Å². The first-order chi connectivity index (χ1) is 6.25. The van der Waals surface area contributed by atoms with Crippen molar-refractivity contribution < 1.29 is 0 Å². The number of hydrazone groups is 1. The SMILES string of the molecule is CN1C=NN(c2cccc(N)c2)N1. The van der Waals surface area contributed by atoms with Gasteiger partial charge in [-0.2, -0.15) is 5.12 Å². The maximum Gasteiger partial charge on any atom is 0.129 e. The van der Waals surface area contributed by atoms with Crippen molar-refractivity contribution >= 4 is 17.7 Å². The molecule has 1 aromatic carbocycles. The minimum atomic E-state index is 0.726. The summed E-state index contributed by atoms with van der Waals surface area (Å²) in [6, 6.07) is 7.51. The normalized spacial score (nSPS) is 15.5. The predicted octanol–water partition coefficient (Wildman–Crippen LogP) is 0.384. The molecule has 0 unspecified atom stereocenters. The van der Waals surface area contributed by atoms with E-state index in [1.54, 1.807) is 16.5 Å². The molecule has 2 rings (SSSR count). The molecule has 5 nitrogen and oxygen atoms in total. The number of anilines is 2. The molecule has 0 amide bonds. The lowest BCUT2D eigenvalue weighted by Gasteiger charge is -2.16. The molecule has 3 N–H and O–H groups in total. The van der Waals surface area contributed by atoms with E-state index in [0.717, 1.165) is 11.4 Å². The van der Waals surface area contributed by atoms with E-state index in [1.807, 2.05) is 31.3 Å². The minimum Gasteiger partial charge on any atom is -0.399 e. The number of nitrogens with one attached hydrogen (secondary N) is 1. The molecule has 0 aliphatic carbocycles. The van der Waals surface area contributed by atoms with Gasteiger partial charge in [0.05, 0.1) is 5.69 Å². The number of rotatable bonds is 1. The predicted molar refractivity (Wildman–Crippen MR) is 52.7 cm³/mol. The van der Waals surface area contributed by atoms with E-state index in [-0.39, 0.29) is 0 Å². The molecule has 1 aliphatic heterocycles. The quantitative estimate of drug-likeness (QED) is 0.609. The molecule has 0 fully saturated rings. The molecule has 5 heteroatoms. The van der Waals surface area contributed by atoms with Crippen molar-refractivity contribution in [3.63, 3.8) is 0 Å². The van der Waals surface area contributed by atoms with E-state index >= 15 is 0 Å². The lowest BCUT2D eigenvalue weighted by Crippen LogP contribution is -2.37. The topological polar surface area (TPSA) is 56.9 Å². The Morgan fingerprint density at radius 1 is 1.46 bits per heavy atom. The van der Waals surface area contributed by atoms with Crippen molar-refractivity contribution in [1.82, 2.24) is 10.5 Å². The van der Waals surface area contributed by atoms with Gasteiger partial charge in [-0.05, 0) is 18.2 Å². The lowest BCUT2D eigenvalue weighted by molar-refractivity contribution is 0.397. The van der Waals surface area contributed by atoms with Crippen molar-refractivity contribution in [3.8, 4) is 0 Å². The number of hydrogen-bond donors (Lipinski definition) is 2. The number of hydrazine groups is 2. The summed E-state index contributed by atoms with van der Waals surface area (Å²) in [5.41, 5.74) is 10.3. The Labute approximate surface area is 76.4 Å². The molecule has 0 atom stereocenters. The van der Waals surface area contributed by atoms with Crippen LogP contribution < -0.4 is 16.4 Å². The zero-order chi connectivity index (χ0) is 9.26. The van der Waals surface area contributed by atoms with Gasteiger partial charge in [0.1, 0.15) is 6.34 Å². The van der Waals surface area contributed by atoms with Crippen LogP contribution in [-0.2, 0) is 0 Å². The summed E-state index contributed by atoms with van der Waals surface area (Å²) in [6.07, 6.45) is 1.68. The first-order valence-electron chi connectivity index (χ1n) is 3.94. The van der Waals surface area contributed by atoms with E-state index in [9.17, 15) is 0 Å². The van der Waals surface area contributed by atoms with Gasteiger partial charge in [-0.3, -0.25) is 5.01 Å². The first kappa shape index (κ1) is 7.88. The number of benzene rings is 1. The molecule has 1 aromatic rings. The van der Waals surface area contributed by atoms with E-state index in [4.69, 9.17) is 5.73 Å². The van der Waals surface area contributed by atoms with Gasteiger partial charge in [-0.1, -0.05) is 6.07 Å². The smallest absolute Gasteiger partial charge is 0.129 e. The van der Waals surface area contributed by atoms with Gasteiger partial charge in [-0.15, -0.1) is 10.6 Å². The van der Waals surface area contributed by atoms with Crippen LogP contribution in [0.25, 0.3) is 0 Å². The molecule has 1 aliphatic rings. The molecule has 0 radical (unpaired) electrons. The summed E-state index contributed by atoms with van der Waals surface area (Å²) in [6.45, 7) is 0. The second-order valence-corrected chi connectivity index (χ2v) is 2.85. The Kier molecular flexibility index (Phi) is 1.79. The highest BCUT2D eigenvalue weighted by Gasteiger charge is 2.10. The maximum absolute atomic E-state index is 5.64. The Bertz CT molecular complexity index is 335. The van der Waals surface area contributed by atoms with Gasteiger partial charge in [0.25, 0.3) is 0 Å². The summed E-state index contributed by atoms with van der Waals surface area (Å²) in [5, 5.41) is 7.50. The molecule has 1 heterocycles. The highest BCUT2D eigenvalue weighted by molar-refractivity contribution is 5.62. The third-order valence-corrected chi connectivity index (χ3v) is 1.71. The zero-order valence-corrected chi connectivity index (χ0v) is 7.31. The van der Waals surface area contributed by atoms with E-state index in [2.05, 4.69) is 10.6 Å². The van der Waals surface area contributed by atoms with E-state index in [0.29, 0.717) is 0 Å². The van der Waals surface area contributed by atoms with Crippen molar-refractivity contribution in [1.29, 1.82) is 0 Å². The first-order valence-corrected chi connectivity index (χ1v) is 3.94. The summed E-state index contributed by atoms with van der Waals surface area (Å²) >= 11 is 0. The van der Waals surface area contributed by atoms with Crippen LogP contribution >= 0.6 is 0 Å². The molecular weight excluding hydrogens is 166 g/mol. The van der Waals surface area contributed by atoms with Crippen LogP contribution in [-0.4, -0.2) is 18.4 Å². The molecule has 0 spiro atoms. The van der Waals surface area contributed by atoms with Crippen LogP contribution in [0.3, 0.4) is 0 Å². The van der Waals surface area contributed by atoms with Gasteiger partial charge < -0.3 is 5.73 Å².